The molecule has 2 atom stereocenters. The molecule has 32 heavy (non-hydrogen) atoms. The predicted octanol–water partition coefficient (Wildman–Crippen LogP) is 4.89. The molecule has 6 nitrogen and oxygen atoms in total. The molecule has 2 N–H and O–H groups in total. The van der Waals surface area contributed by atoms with Crippen LogP contribution in [-0.2, 0) is 20.4 Å². The van der Waals surface area contributed by atoms with E-state index in [1.807, 2.05) is 62.4 Å². The van der Waals surface area contributed by atoms with Gasteiger partial charge in [0.15, 0.2) is 11.5 Å². The smallest absolute Gasteiger partial charge is 0.228 e. The van der Waals surface area contributed by atoms with Gasteiger partial charge in [-0.1, -0.05) is 50.2 Å². The van der Waals surface area contributed by atoms with Crippen molar-refractivity contribution in [1.82, 2.24) is 0 Å². The van der Waals surface area contributed by atoms with Gasteiger partial charge in [0, 0.05) is 12.4 Å². The standard InChI is InChI=1S/C26H22N2O4/c1-3-25(13-27-17-11-7-5-9-15(17)25)19-21(29)23(31)20(24(32)22(19)30)26(4-2)14-28-18-12-8-6-10-16(18)26/h5-14,29,32H,3-4H2,1-2H3. The van der Waals surface area contributed by atoms with E-state index in [2.05, 4.69) is 9.98 Å². The van der Waals surface area contributed by atoms with Gasteiger partial charge in [-0.15, -0.1) is 0 Å². The number of carbonyl (C=O) groups excluding carboxylic acids is 2. The van der Waals surface area contributed by atoms with Gasteiger partial charge in [0.1, 0.15) is 0 Å². The molecule has 2 aliphatic heterocycles. The fraction of sp³-hybridized carbons (Fsp3) is 0.231. The van der Waals surface area contributed by atoms with Crippen LogP contribution in [0, 0.1) is 0 Å². The van der Waals surface area contributed by atoms with Crippen molar-refractivity contribution in [2.75, 3.05) is 0 Å². The molecule has 0 aromatic heterocycles. The van der Waals surface area contributed by atoms with Gasteiger partial charge in [-0.2, -0.15) is 0 Å². The number of aliphatic hydroxyl groups excluding tert-OH is 2. The minimum atomic E-state index is -1.09. The first-order valence-electron chi connectivity index (χ1n) is 10.7. The molecular weight excluding hydrogens is 404 g/mol. The number of rotatable bonds is 4. The van der Waals surface area contributed by atoms with Crippen LogP contribution in [-0.4, -0.2) is 34.2 Å². The lowest BCUT2D eigenvalue weighted by Crippen LogP contribution is -2.42. The second-order valence-corrected chi connectivity index (χ2v) is 8.31. The predicted molar refractivity (Wildman–Crippen MR) is 122 cm³/mol. The van der Waals surface area contributed by atoms with Crippen molar-refractivity contribution in [2.45, 2.75) is 37.5 Å². The highest BCUT2D eigenvalue weighted by molar-refractivity contribution is 6.28. The summed E-state index contributed by atoms with van der Waals surface area (Å²) in [4.78, 5) is 36.0. The van der Waals surface area contributed by atoms with Crippen LogP contribution in [0.2, 0.25) is 0 Å². The molecule has 0 amide bonds. The molecule has 5 rings (SSSR count). The quantitative estimate of drug-likeness (QED) is 0.680. The van der Waals surface area contributed by atoms with E-state index in [1.54, 1.807) is 12.4 Å². The summed E-state index contributed by atoms with van der Waals surface area (Å²) in [6.07, 6.45) is 3.96. The van der Waals surface area contributed by atoms with E-state index in [0.717, 1.165) is 11.1 Å². The van der Waals surface area contributed by atoms with Crippen molar-refractivity contribution in [2.24, 2.45) is 9.98 Å². The number of fused-ring (bicyclic) bond motifs is 2. The molecule has 3 aliphatic rings. The zero-order valence-corrected chi connectivity index (χ0v) is 17.8. The highest BCUT2D eigenvalue weighted by Gasteiger charge is 2.53. The number of nitrogens with zero attached hydrogens (tertiary/aromatic N) is 2. The minimum absolute atomic E-state index is 0.130. The van der Waals surface area contributed by atoms with Crippen LogP contribution >= 0.6 is 0 Å². The number of allylic oxidation sites excluding steroid dienone is 2. The monoisotopic (exact) mass is 426 g/mol. The van der Waals surface area contributed by atoms with Crippen LogP contribution in [0.1, 0.15) is 37.8 Å². The fourth-order valence-electron chi connectivity index (χ4n) is 5.25. The maximum Gasteiger partial charge on any atom is 0.228 e. The normalized spacial score (nSPS) is 26.2. The van der Waals surface area contributed by atoms with Gasteiger partial charge >= 0.3 is 0 Å². The third kappa shape index (κ3) is 2.35. The van der Waals surface area contributed by atoms with Crippen molar-refractivity contribution >= 4 is 35.4 Å². The average molecular weight is 426 g/mol. The van der Waals surface area contributed by atoms with Gasteiger partial charge in [0.25, 0.3) is 0 Å². The minimum Gasteiger partial charge on any atom is -0.504 e. The third-order valence-electron chi connectivity index (χ3n) is 6.98. The van der Waals surface area contributed by atoms with E-state index < -0.39 is 33.9 Å². The lowest BCUT2D eigenvalue weighted by atomic mass is 9.65. The maximum absolute atomic E-state index is 13.6. The molecule has 1 aliphatic carbocycles. The summed E-state index contributed by atoms with van der Waals surface area (Å²) in [7, 11) is 0. The molecular formula is C26H22N2O4. The molecule has 0 saturated heterocycles. The Morgan fingerprint density at radius 3 is 1.44 bits per heavy atom. The Morgan fingerprint density at radius 2 is 1.06 bits per heavy atom. The molecule has 0 saturated carbocycles. The molecule has 0 spiro atoms. The van der Waals surface area contributed by atoms with Gasteiger partial charge in [-0.3, -0.25) is 19.6 Å². The summed E-state index contributed by atoms with van der Waals surface area (Å²) in [5.74, 6) is -2.79. The average Bonchev–Trinajstić information content (AvgIpc) is 3.39. The van der Waals surface area contributed by atoms with Crippen molar-refractivity contribution < 1.29 is 19.8 Å². The van der Waals surface area contributed by atoms with Gasteiger partial charge < -0.3 is 10.2 Å². The van der Waals surface area contributed by atoms with E-state index in [1.165, 1.54) is 0 Å². The largest absolute Gasteiger partial charge is 0.504 e. The molecule has 0 radical (unpaired) electrons. The van der Waals surface area contributed by atoms with Crippen LogP contribution in [0.15, 0.2) is 81.2 Å². The summed E-state index contributed by atoms with van der Waals surface area (Å²) < 4.78 is 0. The summed E-state index contributed by atoms with van der Waals surface area (Å²) in [6, 6.07) is 14.6. The van der Waals surface area contributed by atoms with E-state index in [4.69, 9.17) is 0 Å². The maximum atomic E-state index is 13.6. The zero-order chi connectivity index (χ0) is 22.7. The fourth-order valence-corrected chi connectivity index (χ4v) is 5.25. The van der Waals surface area contributed by atoms with E-state index in [9.17, 15) is 19.8 Å². The molecule has 0 fully saturated rings. The lowest BCUT2D eigenvalue weighted by molar-refractivity contribution is -0.120. The summed E-state index contributed by atoms with van der Waals surface area (Å²) in [5, 5.41) is 22.3. The second kappa shape index (κ2) is 6.85. The number of hydrogen-bond acceptors (Lipinski definition) is 6. The van der Waals surface area contributed by atoms with Crippen molar-refractivity contribution in [3.63, 3.8) is 0 Å². The van der Waals surface area contributed by atoms with Crippen molar-refractivity contribution in [3.05, 3.63) is 82.3 Å². The molecule has 2 unspecified atom stereocenters. The number of carbonyl (C=O) groups is 2. The van der Waals surface area contributed by atoms with Crippen LogP contribution in [0.3, 0.4) is 0 Å². The topological polar surface area (TPSA) is 99.3 Å². The number of benzene rings is 2. The number of para-hydroxylation sites is 2. The first-order valence-corrected chi connectivity index (χ1v) is 10.7. The summed E-state index contributed by atoms with van der Waals surface area (Å²) in [5.41, 5.74) is 0.349. The number of ketones is 2. The van der Waals surface area contributed by atoms with Gasteiger partial charge in [-0.25, -0.2) is 0 Å². The van der Waals surface area contributed by atoms with Gasteiger partial charge in [0.05, 0.1) is 33.4 Å². The van der Waals surface area contributed by atoms with Crippen molar-refractivity contribution in [3.8, 4) is 0 Å². The SMILES string of the molecule is CCC1(C2=C(O)C(=O)C(C3(CC)C=Nc4ccccc43)=C(O)C2=O)C=Nc2ccccc21. The number of aliphatic hydroxyl groups is 2. The van der Waals surface area contributed by atoms with Crippen LogP contribution < -0.4 is 0 Å². The van der Waals surface area contributed by atoms with Crippen LogP contribution in [0.4, 0.5) is 11.4 Å². The molecule has 0 bridgehead atoms. The lowest BCUT2D eigenvalue weighted by Gasteiger charge is -2.35. The molecule has 2 aromatic carbocycles. The molecule has 6 heteroatoms. The third-order valence-corrected chi connectivity index (χ3v) is 6.98. The second-order valence-electron chi connectivity index (χ2n) is 8.31. The van der Waals surface area contributed by atoms with Crippen LogP contribution in [0.5, 0.6) is 0 Å². The number of hydrogen-bond donors (Lipinski definition) is 2. The summed E-state index contributed by atoms with van der Waals surface area (Å²) in [6.45, 7) is 3.71. The Balaban J connectivity index is 1.71. The highest BCUT2D eigenvalue weighted by atomic mass is 16.3. The Bertz CT molecular complexity index is 1220. The zero-order valence-electron chi connectivity index (χ0n) is 17.8. The van der Waals surface area contributed by atoms with Gasteiger partial charge in [-0.05, 0) is 36.1 Å². The Labute approximate surface area is 185 Å². The molecule has 160 valence electrons. The van der Waals surface area contributed by atoms with Crippen molar-refractivity contribution in [1.29, 1.82) is 0 Å². The van der Waals surface area contributed by atoms with E-state index in [0.29, 0.717) is 24.2 Å². The first-order chi connectivity index (χ1) is 15.4. The first kappa shape index (κ1) is 20.1. The molecule has 2 aromatic rings. The molecule has 2 heterocycles. The van der Waals surface area contributed by atoms with Crippen LogP contribution in [0.25, 0.3) is 0 Å². The Kier molecular flexibility index (Phi) is 4.31. The van der Waals surface area contributed by atoms with Gasteiger partial charge in [0.2, 0.25) is 11.6 Å². The Morgan fingerprint density at radius 1 is 0.688 bits per heavy atom. The van der Waals surface area contributed by atoms with E-state index >= 15 is 0 Å². The Hall–Kier alpha value is -3.80. The van der Waals surface area contributed by atoms with E-state index in [-0.39, 0.29) is 11.1 Å². The number of Topliss-reactive ketones (excluding diaryl/α,β-unsaturated/α-hetero) is 2. The highest BCUT2D eigenvalue weighted by Crippen LogP contribution is 2.51. The number of aliphatic imine (C=N–C) groups is 2. The summed E-state index contributed by atoms with van der Waals surface area (Å²) >= 11 is 0.